The van der Waals surface area contributed by atoms with E-state index in [0.717, 1.165) is 71.7 Å². The van der Waals surface area contributed by atoms with Crippen molar-refractivity contribution in [2.45, 2.75) is 44.7 Å². The second-order valence-electron chi connectivity index (χ2n) is 8.49. The van der Waals surface area contributed by atoms with E-state index in [9.17, 15) is 4.79 Å². The first-order valence-electron chi connectivity index (χ1n) is 11.0. The van der Waals surface area contributed by atoms with Crippen LogP contribution in [0.1, 0.15) is 37.7 Å². The standard InChI is InChI=1S/C22H34N4O2/c27-22(25-11-2-15-28-16-14-25)20-3-1-10-26(18-20)21-6-12-24(13-7-21)17-19-4-8-23-9-5-19/h4-5,8-9,20-21H,1-3,6-7,10-18H2/t20-/m0/s1. The first kappa shape index (κ1) is 19.8. The largest absolute Gasteiger partial charge is 0.380 e. The molecule has 6 heteroatoms. The molecule has 0 spiro atoms. The number of carbonyl (C=O) groups excluding carboxylic acids is 1. The van der Waals surface area contributed by atoms with Crippen LogP contribution < -0.4 is 0 Å². The summed E-state index contributed by atoms with van der Waals surface area (Å²) in [6, 6.07) is 4.86. The number of nitrogens with zero attached hydrogens (tertiary/aromatic N) is 4. The molecule has 3 aliphatic heterocycles. The third-order valence-electron chi connectivity index (χ3n) is 6.57. The van der Waals surface area contributed by atoms with E-state index in [4.69, 9.17) is 4.74 Å². The topological polar surface area (TPSA) is 48.9 Å². The van der Waals surface area contributed by atoms with Crippen molar-refractivity contribution in [1.82, 2.24) is 19.7 Å². The minimum atomic E-state index is 0.182. The van der Waals surface area contributed by atoms with Crippen molar-refractivity contribution in [3.8, 4) is 0 Å². The Hall–Kier alpha value is -1.50. The number of hydrogen-bond donors (Lipinski definition) is 0. The van der Waals surface area contributed by atoms with E-state index >= 15 is 0 Å². The SMILES string of the molecule is O=C([C@H]1CCCN(C2CCN(Cc3ccncc3)CC2)C1)N1CCCOCC1. The van der Waals surface area contributed by atoms with Crippen LogP contribution in [0, 0.1) is 5.92 Å². The molecule has 3 saturated heterocycles. The number of carbonyl (C=O) groups is 1. The Kier molecular flexibility index (Phi) is 6.94. The minimum Gasteiger partial charge on any atom is -0.380 e. The van der Waals surface area contributed by atoms with E-state index < -0.39 is 0 Å². The highest BCUT2D eigenvalue weighted by Crippen LogP contribution is 2.26. The van der Waals surface area contributed by atoms with Gasteiger partial charge in [-0.1, -0.05) is 0 Å². The van der Waals surface area contributed by atoms with Crippen LogP contribution in [0.25, 0.3) is 0 Å². The summed E-state index contributed by atoms with van der Waals surface area (Å²) >= 11 is 0. The molecular weight excluding hydrogens is 352 g/mol. The molecule has 1 aromatic heterocycles. The summed E-state index contributed by atoms with van der Waals surface area (Å²) in [6.07, 6.45) is 9.35. The van der Waals surface area contributed by atoms with Crippen LogP contribution >= 0.6 is 0 Å². The zero-order valence-corrected chi connectivity index (χ0v) is 17.0. The van der Waals surface area contributed by atoms with Gasteiger partial charge in [-0.3, -0.25) is 19.6 Å². The van der Waals surface area contributed by atoms with Crippen LogP contribution in [0.3, 0.4) is 0 Å². The van der Waals surface area contributed by atoms with Crippen molar-refractivity contribution in [3.05, 3.63) is 30.1 Å². The normalized spacial score (nSPS) is 26.1. The molecule has 6 nitrogen and oxygen atoms in total. The summed E-state index contributed by atoms with van der Waals surface area (Å²) in [7, 11) is 0. The van der Waals surface area contributed by atoms with Gasteiger partial charge in [0.15, 0.2) is 0 Å². The van der Waals surface area contributed by atoms with Gasteiger partial charge < -0.3 is 9.64 Å². The van der Waals surface area contributed by atoms with Crippen LogP contribution in [-0.4, -0.2) is 84.1 Å². The predicted molar refractivity (Wildman–Crippen MR) is 109 cm³/mol. The Morgan fingerprint density at radius 3 is 2.64 bits per heavy atom. The number of hydrogen-bond acceptors (Lipinski definition) is 5. The fourth-order valence-electron chi connectivity index (χ4n) is 4.95. The highest BCUT2D eigenvalue weighted by Gasteiger charge is 2.33. The van der Waals surface area contributed by atoms with E-state index in [-0.39, 0.29) is 5.92 Å². The average Bonchev–Trinajstić information content (AvgIpc) is 3.04. The number of rotatable bonds is 4. The van der Waals surface area contributed by atoms with Gasteiger partial charge in [-0.05, 0) is 69.4 Å². The van der Waals surface area contributed by atoms with Gasteiger partial charge in [0.05, 0.1) is 12.5 Å². The van der Waals surface area contributed by atoms with Crippen molar-refractivity contribution in [2.75, 3.05) is 52.5 Å². The molecule has 0 unspecified atom stereocenters. The Labute approximate surface area is 168 Å². The number of amides is 1. The van der Waals surface area contributed by atoms with Crippen LogP contribution in [0.5, 0.6) is 0 Å². The first-order valence-corrected chi connectivity index (χ1v) is 11.0. The molecule has 28 heavy (non-hydrogen) atoms. The molecule has 3 aliphatic rings. The van der Waals surface area contributed by atoms with E-state index in [1.54, 1.807) is 0 Å². The Bertz CT molecular complexity index is 610. The van der Waals surface area contributed by atoms with Gasteiger partial charge in [-0.25, -0.2) is 0 Å². The lowest BCUT2D eigenvalue weighted by atomic mass is 9.92. The molecule has 4 rings (SSSR count). The lowest BCUT2D eigenvalue weighted by Gasteiger charge is -2.42. The number of pyridine rings is 1. The number of piperidine rings is 2. The lowest BCUT2D eigenvalue weighted by molar-refractivity contribution is -0.137. The van der Waals surface area contributed by atoms with Crippen LogP contribution in [-0.2, 0) is 16.1 Å². The van der Waals surface area contributed by atoms with Gasteiger partial charge in [0.1, 0.15) is 0 Å². The fourth-order valence-corrected chi connectivity index (χ4v) is 4.95. The maximum absolute atomic E-state index is 13.0. The third-order valence-corrected chi connectivity index (χ3v) is 6.57. The average molecular weight is 387 g/mol. The molecule has 1 aromatic rings. The van der Waals surface area contributed by atoms with Crippen molar-refractivity contribution in [1.29, 1.82) is 0 Å². The molecule has 3 fully saturated rings. The second-order valence-corrected chi connectivity index (χ2v) is 8.49. The van der Waals surface area contributed by atoms with E-state index in [0.29, 0.717) is 18.6 Å². The summed E-state index contributed by atoms with van der Waals surface area (Å²) in [5.74, 6) is 0.548. The monoisotopic (exact) mass is 386 g/mol. The molecule has 0 saturated carbocycles. The quantitative estimate of drug-likeness (QED) is 0.792. The van der Waals surface area contributed by atoms with Crippen LogP contribution in [0.15, 0.2) is 24.5 Å². The molecule has 0 radical (unpaired) electrons. The van der Waals surface area contributed by atoms with Crippen LogP contribution in [0.4, 0.5) is 0 Å². The molecule has 0 aliphatic carbocycles. The van der Waals surface area contributed by atoms with Crippen molar-refractivity contribution >= 4 is 5.91 Å². The first-order chi connectivity index (χ1) is 13.8. The van der Waals surface area contributed by atoms with Gasteiger partial charge in [-0.15, -0.1) is 0 Å². The number of aromatic nitrogens is 1. The number of likely N-dealkylation sites (tertiary alicyclic amines) is 2. The Balaban J connectivity index is 1.26. The zero-order valence-electron chi connectivity index (χ0n) is 17.0. The second kappa shape index (κ2) is 9.81. The van der Waals surface area contributed by atoms with E-state index in [1.807, 2.05) is 12.4 Å². The summed E-state index contributed by atoms with van der Waals surface area (Å²) < 4.78 is 5.52. The third kappa shape index (κ3) is 5.10. The predicted octanol–water partition coefficient (Wildman–Crippen LogP) is 2.01. The fraction of sp³-hybridized carbons (Fsp3) is 0.727. The molecule has 1 atom stereocenters. The molecular formula is C22H34N4O2. The van der Waals surface area contributed by atoms with Crippen LogP contribution in [0.2, 0.25) is 0 Å². The molecule has 4 heterocycles. The Morgan fingerprint density at radius 1 is 1.00 bits per heavy atom. The minimum absolute atomic E-state index is 0.182. The molecule has 1 amide bonds. The van der Waals surface area contributed by atoms with Gasteiger partial charge in [0.25, 0.3) is 0 Å². The molecule has 0 aromatic carbocycles. The Morgan fingerprint density at radius 2 is 1.82 bits per heavy atom. The molecule has 154 valence electrons. The maximum atomic E-state index is 13.0. The smallest absolute Gasteiger partial charge is 0.227 e. The molecule has 0 N–H and O–H groups in total. The summed E-state index contributed by atoms with van der Waals surface area (Å²) in [6.45, 7) is 8.53. The zero-order chi connectivity index (χ0) is 19.2. The maximum Gasteiger partial charge on any atom is 0.227 e. The van der Waals surface area contributed by atoms with E-state index in [1.165, 1.54) is 18.4 Å². The van der Waals surface area contributed by atoms with Gasteiger partial charge in [-0.2, -0.15) is 0 Å². The summed E-state index contributed by atoms with van der Waals surface area (Å²) in [4.78, 5) is 24.3. The van der Waals surface area contributed by atoms with Crippen molar-refractivity contribution in [2.24, 2.45) is 5.92 Å². The van der Waals surface area contributed by atoms with Gasteiger partial charge in [0, 0.05) is 51.2 Å². The van der Waals surface area contributed by atoms with Gasteiger partial charge >= 0.3 is 0 Å². The highest BCUT2D eigenvalue weighted by atomic mass is 16.5. The highest BCUT2D eigenvalue weighted by molar-refractivity contribution is 5.79. The number of ether oxygens (including phenoxy) is 1. The van der Waals surface area contributed by atoms with Crippen molar-refractivity contribution in [3.63, 3.8) is 0 Å². The molecule has 0 bridgehead atoms. The summed E-state index contributed by atoms with van der Waals surface area (Å²) in [5.41, 5.74) is 1.35. The van der Waals surface area contributed by atoms with Crippen molar-refractivity contribution < 1.29 is 9.53 Å². The van der Waals surface area contributed by atoms with Gasteiger partial charge in [0.2, 0.25) is 5.91 Å². The lowest BCUT2D eigenvalue weighted by Crippen LogP contribution is -2.51. The van der Waals surface area contributed by atoms with E-state index in [2.05, 4.69) is 31.8 Å². The summed E-state index contributed by atoms with van der Waals surface area (Å²) in [5, 5.41) is 0.